The quantitative estimate of drug-likeness (QED) is 0.461. The molecular formula is C10H13N5O4S. The minimum absolute atomic E-state index is 0.396. The van der Waals surface area contributed by atoms with Gasteiger partial charge >= 0.3 is 0 Å². The molecule has 0 aliphatic carbocycles. The Bertz CT molecular complexity index is 623. The molecule has 2 aromatic heterocycles. The van der Waals surface area contributed by atoms with Crippen molar-refractivity contribution in [3.05, 3.63) is 6.33 Å². The molecule has 3 heterocycles. The van der Waals surface area contributed by atoms with Crippen molar-refractivity contribution in [1.82, 2.24) is 25.0 Å². The molecule has 1 aliphatic rings. The number of hydrogen-bond acceptors (Lipinski definition) is 9. The first-order valence-electron chi connectivity index (χ1n) is 5.89. The molecule has 9 nitrogen and oxygen atoms in total. The highest BCUT2D eigenvalue weighted by Gasteiger charge is 2.44. The van der Waals surface area contributed by atoms with E-state index in [-0.39, 0.29) is 0 Å². The van der Waals surface area contributed by atoms with Crippen molar-refractivity contribution in [2.24, 2.45) is 0 Å². The predicted octanol–water partition coefficient (Wildman–Crippen LogP) is -1.45. The summed E-state index contributed by atoms with van der Waals surface area (Å²) >= 11 is 1.40. The molecule has 0 saturated carbocycles. The van der Waals surface area contributed by atoms with E-state index in [4.69, 9.17) is 9.84 Å². The van der Waals surface area contributed by atoms with Crippen LogP contribution in [0.25, 0.3) is 11.2 Å². The third-order valence-electron chi connectivity index (χ3n) is 3.18. The van der Waals surface area contributed by atoms with Gasteiger partial charge in [-0.15, -0.1) is 16.9 Å². The smallest absolute Gasteiger partial charge is 0.185 e. The van der Waals surface area contributed by atoms with E-state index in [2.05, 4.69) is 20.3 Å². The van der Waals surface area contributed by atoms with Gasteiger partial charge in [0, 0.05) is 0 Å². The van der Waals surface area contributed by atoms with Crippen LogP contribution in [-0.4, -0.2) is 71.5 Å². The molecule has 0 aromatic carbocycles. The average molecular weight is 299 g/mol. The topological polar surface area (TPSA) is 126 Å². The molecule has 3 rings (SSSR count). The second-order valence-electron chi connectivity index (χ2n) is 4.32. The first-order valence-corrected chi connectivity index (χ1v) is 7.12. The van der Waals surface area contributed by atoms with Crippen molar-refractivity contribution >= 4 is 22.9 Å². The lowest BCUT2D eigenvalue weighted by Crippen LogP contribution is -2.33. The van der Waals surface area contributed by atoms with Crippen LogP contribution in [0.1, 0.15) is 6.23 Å². The molecule has 4 atom stereocenters. The zero-order valence-corrected chi connectivity index (χ0v) is 11.3. The van der Waals surface area contributed by atoms with E-state index in [1.807, 2.05) is 6.26 Å². The number of fused-ring (bicyclic) bond motifs is 1. The lowest BCUT2D eigenvalue weighted by atomic mass is 10.1. The van der Waals surface area contributed by atoms with E-state index in [0.29, 0.717) is 16.2 Å². The number of thioether (sulfide) groups is 1. The molecule has 0 amide bonds. The summed E-state index contributed by atoms with van der Waals surface area (Å²) in [5, 5.41) is 37.4. The largest absolute Gasteiger partial charge is 0.394 e. The normalized spacial score (nSPS) is 30.2. The fourth-order valence-corrected chi connectivity index (χ4v) is 2.63. The Labute approximate surface area is 117 Å². The standard InChI is InChI=1S/C10H13N5O4S/c1-20-9-5-8(11-3-12-9)15(14-13-5)10-7(18)6(17)4(2-16)19-10/h3-4,6-7,10,16-18H,2H2,1H3/t4-,6-,7-,10?/m1/s1. The van der Waals surface area contributed by atoms with Crippen molar-refractivity contribution in [2.45, 2.75) is 29.6 Å². The van der Waals surface area contributed by atoms with Gasteiger partial charge in [-0.3, -0.25) is 0 Å². The van der Waals surface area contributed by atoms with Gasteiger partial charge in [-0.05, 0) is 6.26 Å². The molecule has 2 aromatic rings. The van der Waals surface area contributed by atoms with Crippen LogP contribution >= 0.6 is 11.8 Å². The maximum atomic E-state index is 9.99. The van der Waals surface area contributed by atoms with E-state index in [0.717, 1.165) is 0 Å². The monoisotopic (exact) mass is 299 g/mol. The highest BCUT2D eigenvalue weighted by molar-refractivity contribution is 7.98. The van der Waals surface area contributed by atoms with Crippen LogP contribution in [0, 0.1) is 0 Å². The van der Waals surface area contributed by atoms with Gasteiger partial charge in [0.05, 0.1) is 6.61 Å². The van der Waals surface area contributed by atoms with Crippen LogP contribution in [0.15, 0.2) is 11.4 Å². The summed E-state index contributed by atoms with van der Waals surface area (Å²) in [4.78, 5) is 8.16. The highest BCUT2D eigenvalue weighted by atomic mass is 32.2. The number of ether oxygens (including phenoxy) is 1. The van der Waals surface area contributed by atoms with Crippen molar-refractivity contribution in [3.8, 4) is 0 Å². The first-order chi connectivity index (χ1) is 9.67. The summed E-state index contributed by atoms with van der Waals surface area (Å²) < 4.78 is 6.70. The Morgan fingerprint density at radius 3 is 2.80 bits per heavy atom. The average Bonchev–Trinajstić information content (AvgIpc) is 3.01. The Hall–Kier alpha value is -1.33. The van der Waals surface area contributed by atoms with Crippen molar-refractivity contribution in [2.75, 3.05) is 12.9 Å². The van der Waals surface area contributed by atoms with Crippen LogP contribution < -0.4 is 0 Å². The number of hydrogen-bond donors (Lipinski definition) is 3. The predicted molar refractivity (Wildman–Crippen MR) is 67.9 cm³/mol. The second-order valence-corrected chi connectivity index (χ2v) is 5.11. The molecular weight excluding hydrogens is 286 g/mol. The van der Waals surface area contributed by atoms with Crippen LogP contribution in [-0.2, 0) is 4.74 Å². The van der Waals surface area contributed by atoms with Crippen LogP contribution in [0.4, 0.5) is 0 Å². The Kier molecular flexibility index (Phi) is 3.56. The molecule has 10 heteroatoms. The zero-order chi connectivity index (χ0) is 14.3. The van der Waals surface area contributed by atoms with Gasteiger partial charge in [-0.2, -0.15) is 4.68 Å². The van der Waals surface area contributed by atoms with Gasteiger partial charge in [0.25, 0.3) is 0 Å². The van der Waals surface area contributed by atoms with E-state index in [1.165, 1.54) is 22.8 Å². The third kappa shape index (κ3) is 1.96. The molecule has 1 saturated heterocycles. The van der Waals surface area contributed by atoms with Crippen molar-refractivity contribution < 1.29 is 20.1 Å². The number of rotatable bonds is 3. The Morgan fingerprint density at radius 1 is 1.35 bits per heavy atom. The summed E-state index contributed by atoms with van der Waals surface area (Å²) in [5.74, 6) is 0. The van der Waals surface area contributed by atoms with Gasteiger partial charge in [0.2, 0.25) is 0 Å². The molecule has 1 fully saturated rings. The van der Waals surface area contributed by atoms with Crippen molar-refractivity contribution in [3.63, 3.8) is 0 Å². The minimum atomic E-state index is -1.22. The van der Waals surface area contributed by atoms with Crippen LogP contribution in [0.3, 0.4) is 0 Å². The Morgan fingerprint density at radius 2 is 2.15 bits per heavy atom. The third-order valence-corrected chi connectivity index (χ3v) is 3.86. The minimum Gasteiger partial charge on any atom is -0.394 e. The highest BCUT2D eigenvalue weighted by Crippen LogP contribution is 2.31. The number of nitrogens with zero attached hydrogens (tertiary/aromatic N) is 5. The SMILES string of the molecule is CSc1ncnc2c1nnn2C1O[C@H](CO)[C@@H](O)[C@H]1O. The lowest BCUT2D eigenvalue weighted by molar-refractivity contribution is -0.0574. The van der Waals surface area contributed by atoms with Crippen LogP contribution in [0.5, 0.6) is 0 Å². The molecule has 0 bridgehead atoms. The van der Waals surface area contributed by atoms with Gasteiger partial charge < -0.3 is 20.1 Å². The summed E-state index contributed by atoms with van der Waals surface area (Å²) in [7, 11) is 0. The van der Waals surface area contributed by atoms with E-state index < -0.39 is 31.1 Å². The molecule has 1 aliphatic heterocycles. The summed E-state index contributed by atoms with van der Waals surface area (Å²) in [5.41, 5.74) is 0.900. The zero-order valence-electron chi connectivity index (χ0n) is 10.5. The summed E-state index contributed by atoms with van der Waals surface area (Å²) in [6, 6.07) is 0. The molecule has 20 heavy (non-hydrogen) atoms. The summed E-state index contributed by atoms with van der Waals surface area (Å²) in [6.07, 6.45) is -0.994. The van der Waals surface area contributed by atoms with Gasteiger partial charge in [0.15, 0.2) is 17.4 Å². The second kappa shape index (κ2) is 5.22. The maximum Gasteiger partial charge on any atom is 0.185 e. The number of aliphatic hydroxyl groups excluding tert-OH is 3. The lowest BCUT2D eigenvalue weighted by Gasteiger charge is -2.14. The fraction of sp³-hybridized carbons (Fsp3) is 0.600. The molecule has 108 valence electrons. The first kappa shape index (κ1) is 13.6. The van der Waals surface area contributed by atoms with Gasteiger partial charge in [-0.25, -0.2) is 9.97 Å². The van der Waals surface area contributed by atoms with Gasteiger partial charge in [-0.1, -0.05) is 5.21 Å². The molecule has 0 spiro atoms. The number of aromatic nitrogens is 5. The fourth-order valence-electron chi connectivity index (χ4n) is 2.15. The molecule has 3 N–H and O–H groups in total. The van der Waals surface area contributed by atoms with E-state index in [9.17, 15) is 10.2 Å². The molecule has 0 radical (unpaired) electrons. The summed E-state index contributed by atoms with van der Waals surface area (Å²) in [6.45, 7) is -0.396. The molecule has 1 unspecified atom stereocenters. The van der Waals surface area contributed by atoms with Gasteiger partial charge in [0.1, 0.15) is 29.7 Å². The Balaban J connectivity index is 2.03. The van der Waals surface area contributed by atoms with E-state index >= 15 is 0 Å². The van der Waals surface area contributed by atoms with Crippen LogP contribution in [0.2, 0.25) is 0 Å². The van der Waals surface area contributed by atoms with E-state index in [1.54, 1.807) is 0 Å². The van der Waals surface area contributed by atoms with Crippen molar-refractivity contribution in [1.29, 1.82) is 0 Å². The maximum absolute atomic E-state index is 9.99. The number of aliphatic hydroxyl groups is 3.